The number of rotatable bonds is 5. The SMILES string of the molecule is CCC(C#N)C(=O)NCC(C)c1ccccc1. The first-order valence-corrected chi connectivity index (χ1v) is 5.91. The number of hydrogen-bond acceptors (Lipinski definition) is 2. The molecule has 0 bridgehead atoms. The second-order valence-corrected chi connectivity index (χ2v) is 4.15. The Bertz CT molecular complexity index is 394. The highest BCUT2D eigenvalue weighted by atomic mass is 16.1. The Morgan fingerprint density at radius 1 is 1.41 bits per heavy atom. The van der Waals surface area contributed by atoms with Crippen LogP contribution in [0.25, 0.3) is 0 Å². The first-order valence-electron chi connectivity index (χ1n) is 5.91. The Labute approximate surface area is 102 Å². The van der Waals surface area contributed by atoms with Crippen molar-refractivity contribution in [3.8, 4) is 6.07 Å². The maximum Gasteiger partial charge on any atom is 0.237 e. The molecule has 2 atom stereocenters. The zero-order chi connectivity index (χ0) is 12.7. The van der Waals surface area contributed by atoms with E-state index in [1.807, 2.05) is 43.3 Å². The van der Waals surface area contributed by atoms with Gasteiger partial charge in [0.05, 0.1) is 6.07 Å². The van der Waals surface area contributed by atoms with Crippen molar-refractivity contribution in [1.29, 1.82) is 5.26 Å². The molecule has 0 aliphatic rings. The Kier molecular flexibility index (Phi) is 5.22. The summed E-state index contributed by atoms with van der Waals surface area (Å²) < 4.78 is 0. The third-order valence-corrected chi connectivity index (χ3v) is 2.83. The van der Waals surface area contributed by atoms with Gasteiger partial charge in [-0.25, -0.2) is 0 Å². The summed E-state index contributed by atoms with van der Waals surface area (Å²) in [5.74, 6) is -0.438. The van der Waals surface area contributed by atoms with Crippen LogP contribution in [0.5, 0.6) is 0 Å². The fourth-order valence-electron chi connectivity index (χ4n) is 1.61. The van der Waals surface area contributed by atoms with E-state index in [0.717, 1.165) is 0 Å². The summed E-state index contributed by atoms with van der Waals surface area (Å²) in [6.45, 7) is 4.47. The van der Waals surface area contributed by atoms with E-state index in [9.17, 15) is 4.79 Å². The summed E-state index contributed by atoms with van der Waals surface area (Å²) in [7, 11) is 0. The number of carbonyl (C=O) groups excluding carboxylic acids is 1. The van der Waals surface area contributed by atoms with E-state index in [4.69, 9.17) is 5.26 Å². The molecular formula is C14H18N2O. The van der Waals surface area contributed by atoms with E-state index in [2.05, 4.69) is 12.2 Å². The minimum atomic E-state index is -0.530. The minimum absolute atomic E-state index is 0.169. The van der Waals surface area contributed by atoms with E-state index in [0.29, 0.717) is 13.0 Å². The molecule has 1 N–H and O–H groups in total. The highest BCUT2D eigenvalue weighted by Gasteiger charge is 2.15. The summed E-state index contributed by atoms with van der Waals surface area (Å²) in [6.07, 6.45) is 0.558. The molecule has 0 heterocycles. The summed E-state index contributed by atoms with van der Waals surface area (Å²) in [4.78, 5) is 11.6. The molecular weight excluding hydrogens is 212 g/mol. The number of nitrogens with zero attached hydrogens (tertiary/aromatic N) is 1. The topological polar surface area (TPSA) is 52.9 Å². The van der Waals surface area contributed by atoms with Crippen molar-refractivity contribution in [3.05, 3.63) is 35.9 Å². The quantitative estimate of drug-likeness (QED) is 0.844. The highest BCUT2D eigenvalue weighted by Crippen LogP contribution is 2.13. The molecule has 90 valence electrons. The summed E-state index contributed by atoms with van der Waals surface area (Å²) in [5, 5.41) is 11.6. The van der Waals surface area contributed by atoms with Crippen LogP contribution in [0, 0.1) is 17.2 Å². The molecule has 0 aromatic heterocycles. The zero-order valence-electron chi connectivity index (χ0n) is 10.3. The Morgan fingerprint density at radius 3 is 2.59 bits per heavy atom. The lowest BCUT2D eigenvalue weighted by Crippen LogP contribution is -2.32. The number of nitrogens with one attached hydrogen (secondary N) is 1. The lowest BCUT2D eigenvalue weighted by molar-refractivity contribution is -0.123. The van der Waals surface area contributed by atoms with Gasteiger partial charge in [0.1, 0.15) is 5.92 Å². The van der Waals surface area contributed by atoms with Gasteiger partial charge in [-0.15, -0.1) is 0 Å². The predicted octanol–water partition coefficient (Wildman–Crippen LogP) is 2.46. The van der Waals surface area contributed by atoms with E-state index in [1.54, 1.807) is 0 Å². The maximum absolute atomic E-state index is 11.6. The fourth-order valence-corrected chi connectivity index (χ4v) is 1.61. The third-order valence-electron chi connectivity index (χ3n) is 2.83. The van der Waals surface area contributed by atoms with Crippen LogP contribution in [0.3, 0.4) is 0 Å². The highest BCUT2D eigenvalue weighted by molar-refractivity contribution is 5.80. The predicted molar refractivity (Wildman–Crippen MR) is 67.3 cm³/mol. The van der Waals surface area contributed by atoms with Crippen LogP contribution < -0.4 is 5.32 Å². The molecule has 3 nitrogen and oxygen atoms in total. The van der Waals surface area contributed by atoms with Gasteiger partial charge >= 0.3 is 0 Å². The first-order chi connectivity index (χ1) is 8.19. The van der Waals surface area contributed by atoms with Gasteiger partial charge in [-0.05, 0) is 17.9 Å². The van der Waals surface area contributed by atoms with Crippen LogP contribution in [0.4, 0.5) is 0 Å². The summed E-state index contributed by atoms with van der Waals surface area (Å²) >= 11 is 0. The van der Waals surface area contributed by atoms with Crippen molar-refractivity contribution >= 4 is 5.91 Å². The number of carbonyl (C=O) groups is 1. The molecule has 0 fully saturated rings. The number of amides is 1. The monoisotopic (exact) mass is 230 g/mol. The zero-order valence-corrected chi connectivity index (χ0v) is 10.3. The second kappa shape index (κ2) is 6.70. The minimum Gasteiger partial charge on any atom is -0.354 e. The largest absolute Gasteiger partial charge is 0.354 e. The van der Waals surface area contributed by atoms with Gasteiger partial charge in [-0.3, -0.25) is 4.79 Å². The van der Waals surface area contributed by atoms with Crippen molar-refractivity contribution in [1.82, 2.24) is 5.32 Å². The average Bonchev–Trinajstić information content (AvgIpc) is 2.38. The van der Waals surface area contributed by atoms with Crippen LogP contribution in [0.2, 0.25) is 0 Å². The molecule has 17 heavy (non-hydrogen) atoms. The summed E-state index contributed by atoms with van der Waals surface area (Å²) in [6, 6.07) is 12.0. The van der Waals surface area contributed by atoms with E-state index >= 15 is 0 Å². The number of benzene rings is 1. The standard InChI is InChI=1S/C14H18N2O/c1-3-12(9-15)14(17)16-10-11(2)13-7-5-4-6-8-13/h4-8,11-12H,3,10H2,1-2H3,(H,16,17). The first kappa shape index (κ1) is 13.2. The maximum atomic E-state index is 11.6. The lowest BCUT2D eigenvalue weighted by atomic mass is 10.0. The van der Waals surface area contributed by atoms with Crippen molar-refractivity contribution in [3.63, 3.8) is 0 Å². The Morgan fingerprint density at radius 2 is 2.06 bits per heavy atom. The molecule has 1 amide bonds. The van der Waals surface area contributed by atoms with Gasteiger partial charge in [0.15, 0.2) is 0 Å². The van der Waals surface area contributed by atoms with Crippen LogP contribution in [-0.2, 0) is 4.79 Å². The molecule has 0 saturated carbocycles. The molecule has 2 unspecified atom stereocenters. The van der Waals surface area contributed by atoms with Crippen LogP contribution in [0.15, 0.2) is 30.3 Å². The molecule has 1 aromatic rings. The van der Waals surface area contributed by atoms with Crippen molar-refractivity contribution in [2.75, 3.05) is 6.54 Å². The van der Waals surface area contributed by atoms with Gasteiger partial charge in [0, 0.05) is 6.54 Å². The lowest BCUT2D eigenvalue weighted by Gasteiger charge is -2.14. The van der Waals surface area contributed by atoms with E-state index in [-0.39, 0.29) is 11.8 Å². The van der Waals surface area contributed by atoms with Crippen molar-refractivity contribution < 1.29 is 4.79 Å². The van der Waals surface area contributed by atoms with Crippen LogP contribution in [0.1, 0.15) is 31.7 Å². The molecule has 1 aromatic carbocycles. The number of nitriles is 1. The average molecular weight is 230 g/mol. The normalized spacial score (nSPS) is 13.5. The molecule has 1 rings (SSSR count). The molecule has 3 heteroatoms. The molecule has 0 radical (unpaired) electrons. The second-order valence-electron chi connectivity index (χ2n) is 4.15. The van der Waals surface area contributed by atoms with Gasteiger partial charge in [0.2, 0.25) is 5.91 Å². The number of hydrogen-bond donors (Lipinski definition) is 1. The van der Waals surface area contributed by atoms with Gasteiger partial charge in [0.25, 0.3) is 0 Å². The van der Waals surface area contributed by atoms with Gasteiger partial charge in [-0.1, -0.05) is 44.2 Å². The van der Waals surface area contributed by atoms with Gasteiger partial charge in [-0.2, -0.15) is 5.26 Å². The molecule has 0 spiro atoms. The molecule has 0 aliphatic heterocycles. The molecule has 0 aliphatic carbocycles. The fraction of sp³-hybridized carbons (Fsp3) is 0.429. The smallest absolute Gasteiger partial charge is 0.237 e. The van der Waals surface area contributed by atoms with Crippen LogP contribution >= 0.6 is 0 Å². The van der Waals surface area contributed by atoms with Crippen molar-refractivity contribution in [2.45, 2.75) is 26.2 Å². The Hall–Kier alpha value is -1.82. The Balaban J connectivity index is 2.47. The molecule has 0 saturated heterocycles. The van der Waals surface area contributed by atoms with Crippen molar-refractivity contribution in [2.24, 2.45) is 5.92 Å². The van der Waals surface area contributed by atoms with Crippen LogP contribution in [-0.4, -0.2) is 12.5 Å². The third kappa shape index (κ3) is 3.92. The van der Waals surface area contributed by atoms with Gasteiger partial charge < -0.3 is 5.32 Å². The van der Waals surface area contributed by atoms with E-state index in [1.165, 1.54) is 5.56 Å². The summed E-state index contributed by atoms with van der Waals surface area (Å²) in [5.41, 5.74) is 1.19. The van der Waals surface area contributed by atoms with E-state index < -0.39 is 5.92 Å².